The summed E-state index contributed by atoms with van der Waals surface area (Å²) in [5, 5.41) is 2.88. The van der Waals surface area contributed by atoms with Gasteiger partial charge in [-0.25, -0.2) is 0 Å². The second kappa shape index (κ2) is 7.10. The van der Waals surface area contributed by atoms with Crippen LogP contribution in [0.3, 0.4) is 0 Å². The van der Waals surface area contributed by atoms with Crippen LogP contribution >= 0.6 is 15.9 Å². The lowest BCUT2D eigenvalue weighted by Gasteiger charge is -2.06. The highest BCUT2D eigenvalue weighted by atomic mass is 79.9. The molecule has 2 aromatic rings. The number of anilines is 1. The van der Waals surface area contributed by atoms with Crippen molar-refractivity contribution in [1.29, 1.82) is 0 Å². The molecule has 0 saturated carbocycles. The Morgan fingerprint density at radius 3 is 2.60 bits per heavy atom. The molecule has 1 N–H and O–H groups in total. The molecule has 2 rings (SSSR count). The Morgan fingerprint density at radius 2 is 1.95 bits per heavy atom. The van der Waals surface area contributed by atoms with E-state index < -0.39 is 0 Å². The summed E-state index contributed by atoms with van der Waals surface area (Å²) in [4.78, 5) is 11.9. The molecule has 0 aromatic heterocycles. The first-order chi connectivity index (χ1) is 9.67. The van der Waals surface area contributed by atoms with Crippen molar-refractivity contribution in [1.82, 2.24) is 0 Å². The van der Waals surface area contributed by atoms with Gasteiger partial charge in [-0.2, -0.15) is 0 Å². The molecule has 0 spiro atoms. The van der Waals surface area contributed by atoms with Crippen LogP contribution in [0.5, 0.6) is 5.75 Å². The number of rotatable bonds is 5. The van der Waals surface area contributed by atoms with Crippen LogP contribution in [0.4, 0.5) is 5.69 Å². The largest absolute Gasteiger partial charge is 0.497 e. The summed E-state index contributed by atoms with van der Waals surface area (Å²) in [5.74, 6) is 0.839. The SMILES string of the molecule is COc1ccc(CCC(=O)Nc2cccc(Br)c2)cc1. The van der Waals surface area contributed by atoms with E-state index in [1.54, 1.807) is 7.11 Å². The third-order valence-corrected chi connectivity index (χ3v) is 3.40. The lowest BCUT2D eigenvalue weighted by molar-refractivity contribution is -0.116. The van der Waals surface area contributed by atoms with E-state index in [2.05, 4.69) is 21.2 Å². The van der Waals surface area contributed by atoms with E-state index in [1.165, 1.54) is 0 Å². The summed E-state index contributed by atoms with van der Waals surface area (Å²) < 4.78 is 6.05. The zero-order valence-corrected chi connectivity index (χ0v) is 12.8. The highest BCUT2D eigenvalue weighted by Gasteiger charge is 2.04. The number of hydrogen-bond acceptors (Lipinski definition) is 2. The van der Waals surface area contributed by atoms with Crippen LogP contribution < -0.4 is 10.1 Å². The third kappa shape index (κ3) is 4.38. The Kier molecular flexibility index (Phi) is 5.18. The van der Waals surface area contributed by atoms with Gasteiger partial charge in [-0.05, 0) is 42.3 Å². The van der Waals surface area contributed by atoms with Gasteiger partial charge in [-0.15, -0.1) is 0 Å². The molecule has 0 aliphatic heterocycles. The van der Waals surface area contributed by atoms with Gasteiger partial charge in [0.05, 0.1) is 7.11 Å². The van der Waals surface area contributed by atoms with Crippen LogP contribution in [0.2, 0.25) is 0 Å². The minimum absolute atomic E-state index is 0.0129. The summed E-state index contributed by atoms with van der Waals surface area (Å²) in [6.45, 7) is 0. The van der Waals surface area contributed by atoms with Gasteiger partial charge in [0, 0.05) is 16.6 Å². The van der Waals surface area contributed by atoms with Crippen molar-refractivity contribution in [2.45, 2.75) is 12.8 Å². The normalized spacial score (nSPS) is 10.1. The van der Waals surface area contributed by atoms with Crippen molar-refractivity contribution in [3.63, 3.8) is 0 Å². The van der Waals surface area contributed by atoms with Gasteiger partial charge in [0.1, 0.15) is 5.75 Å². The fraction of sp³-hybridized carbons (Fsp3) is 0.188. The van der Waals surface area contributed by atoms with Crippen molar-refractivity contribution < 1.29 is 9.53 Å². The Morgan fingerprint density at radius 1 is 1.20 bits per heavy atom. The molecule has 104 valence electrons. The molecular formula is C16H16BrNO2. The minimum Gasteiger partial charge on any atom is -0.497 e. The minimum atomic E-state index is 0.0129. The first kappa shape index (κ1) is 14.6. The van der Waals surface area contributed by atoms with E-state index in [0.717, 1.165) is 21.5 Å². The zero-order chi connectivity index (χ0) is 14.4. The molecular weight excluding hydrogens is 318 g/mol. The standard InChI is InChI=1S/C16H16BrNO2/c1-20-15-8-5-12(6-9-15)7-10-16(19)18-14-4-2-3-13(17)11-14/h2-6,8-9,11H,7,10H2,1H3,(H,18,19). The molecule has 0 aliphatic rings. The number of halogens is 1. The summed E-state index contributed by atoms with van der Waals surface area (Å²) in [6.07, 6.45) is 1.17. The lowest BCUT2D eigenvalue weighted by Crippen LogP contribution is -2.12. The van der Waals surface area contributed by atoms with Crippen LogP contribution in [-0.4, -0.2) is 13.0 Å². The Hall–Kier alpha value is -1.81. The second-order valence-electron chi connectivity index (χ2n) is 4.41. The first-order valence-corrected chi connectivity index (χ1v) is 7.15. The number of benzene rings is 2. The molecule has 0 aliphatic carbocycles. The molecule has 0 atom stereocenters. The summed E-state index contributed by atoms with van der Waals surface area (Å²) in [5.41, 5.74) is 1.93. The summed E-state index contributed by atoms with van der Waals surface area (Å²) in [6, 6.07) is 15.3. The molecule has 0 radical (unpaired) electrons. The van der Waals surface area contributed by atoms with E-state index in [0.29, 0.717) is 12.8 Å². The predicted octanol–water partition coefficient (Wildman–Crippen LogP) is 4.03. The number of carbonyl (C=O) groups excluding carboxylic acids is 1. The van der Waals surface area contributed by atoms with Crippen LogP contribution in [0, 0.1) is 0 Å². The predicted molar refractivity (Wildman–Crippen MR) is 84.1 cm³/mol. The second-order valence-corrected chi connectivity index (χ2v) is 5.32. The van der Waals surface area contributed by atoms with Gasteiger partial charge in [-0.3, -0.25) is 4.79 Å². The van der Waals surface area contributed by atoms with Gasteiger partial charge >= 0.3 is 0 Å². The van der Waals surface area contributed by atoms with Crippen LogP contribution in [0.25, 0.3) is 0 Å². The lowest BCUT2D eigenvalue weighted by atomic mass is 10.1. The van der Waals surface area contributed by atoms with Crippen LogP contribution in [-0.2, 0) is 11.2 Å². The van der Waals surface area contributed by atoms with E-state index in [4.69, 9.17) is 4.74 Å². The van der Waals surface area contributed by atoms with Crippen molar-refractivity contribution in [2.24, 2.45) is 0 Å². The van der Waals surface area contributed by atoms with Gasteiger partial charge in [-0.1, -0.05) is 34.1 Å². The van der Waals surface area contributed by atoms with Gasteiger partial charge < -0.3 is 10.1 Å². The maximum Gasteiger partial charge on any atom is 0.224 e. The van der Waals surface area contributed by atoms with E-state index in [9.17, 15) is 4.79 Å². The number of aryl methyl sites for hydroxylation is 1. The van der Waals surface area contributed by atoms with Gasteiger partial charge in [0.15, 0.2) is 0 Å². The van der Waals surface area contributed by atoms with Crippen LogP contribution in [0.15, 0.2) is 53.0 Å². The number of hydrogen-bond donors (Lipinski definition) is 1. The smallest absolute Gasteiger partial charge is 0.224 e. The molecule has 0 bridgehead atoms. The maximum atomic E-state index is 11.9. The fourth-order valence-corrected chi connectivity index (χ4v) is 2.24. The van der Waals surface area contributed by atoms with E-state index in [1.807, 2.05) is 48.5 Å². The molecule has 1 amide bonds. The molecule has 0 fully saturated rings. The Bertz CT molecular complexity index is 581. The molecule has 3 nitrogen and oxygen atoms in total. The van der Waals surface area contributed by atoms with Crippen molar-refractivity contribution >= 4 is 27.5 Å². The topological polar surface area (TPSA) is 38.3 Å². The van der Waals surface area contributed by atoms with Crippen molar-refractivity contribution in [2.75, 3.05) is 12.4 Å². The van der Waals surface area contributed by atoms with E-state index >= 15 is 0 Å². The molecule has 4 heteroatoms. The Labute approximate surface area is 127 Å². The molecule has 0 unspecified atom stereocenters. The van der Waals surface area contributed by atoms with Gasteiger partial charge in [0.2, 0.25) is 5.91 Å². The monoisotopic (exact) mass is 333 g/mol. The third-order valence-electron chi connectivity index (χ3n) is 2.91. The number of ether oxygens (including phenoxy) is 1. The quantitative estimate of drug-likeness (QED) is 0.897. The van der Waals surface area contributed by atoms with Gasteiger partial charge in [0.25, 0.3) is 0 Å². The maximum absolute atomic E-state index is 11.9. The molecule has 0 saturated heterocycles. The molecule has 20 heavy (non-hydrogen) atoms. The molecule has 2 aromatic carbocycles. The van der Waals surface area contributed by atoms with Crippen molar-refractivity contribution in [3.8, 4) is 5.75 Å². The number of methoxy groups -OCH3 is 1. The number of carbonyl (C=O) groups is 1. The Balaban J connectivity index is 1.85. The average molecular weight is 334 g/mol. The van der Waals surface area contributed by atoms with Crippen molar-refractivity contribution in [3.05, 3.63) is 58.6 Å². The zero-order valence-electron chi connectivity index (χ0n) is 11.2. The fourth-order valence-electron chi connectivity index (χ4n) is 1.84. The van der Waals surface area contributed by atoms with E-state index in [-0.39, 0.29) is 5.91 Å². The van der Waals surface area contributed by atoms with Crippen LogP contribution in [0.1, 0.15) is 12.0 Å². The highest BCUT2D eigenvalue weighted by molar-refractivity contribution is 9.10. The molecule has 0 heterocycles. The number of amides is 1. The summed E-state index contributed by atoms with van der Waals surface area (Å²) in [7, 11) is 1.64. The number of nitrogens with one attached hydrogen (secondary N) is 1. The first-order valence-electron chi connectivity index (χ1n) is 6.36. The highest BCUT2D eigenvalue weighted by Crippen LogP contribution is 2.16. The average Bonchev–Trinajstić information content (AvgIpc) is 2.46. The summed E-state index contributed by atoms with van der Waals surface area (Å²) >= 11 is 3.38.